The first kappa shape index (κ1) is 19.6. The number of benzene rings is 2. The molecule has 3 aromatic rings. The zero-order chi connectivity index (χ0) is 21.3. The molecule has 1 aliphatic rings. The number of rotatable bonds is 5. The number of halogens is 2. The van der Waals surface area contributed by atoms with Crippen molar-refractivity contribution in [3.8, 4) is 5.69 Å². The third kappa shape index (κ3) is 3.74. The number of amides is 2. The van der Waals surface area contributed by atoms with Crippen molar-refractivity contribution in [3.05, 3.63) is 71.8 Å². The number of nitrogens with zero attached hydrogens (tertiary/aromatic N) is 4. The first-order chi connectivity index (χ1) is 14.4. The maximum Gasteiger partial charge on any atom is 0.272 e. The van der Waals surface area contributed by atoms with Crippen LogP contribution in [0.5, 0.6) is 0 Å². The number of hydrazone groups is 1. The predicted octanol–water partition coefficient (Wildman–Crippen LogP) is 2.72. The normalized spacial score (nSPS) is 15.7. The number of anilines is 2. The molecule has 0 bridgehead atoms. The summed E-state index contributed by atoms with van der Waals surface area (Å²) >= 11 is 6.30. The zero-order valence-corrected chi connectivity index (χ0v) is 16.3. The molecule has 2 heterocycles. The van der Waals surface area contributed by atoms with Crippen molar-refractivity contribution in [1.82, 2.24) is 9.78 Å². The van der Waals surface area contributed by atoms with E-state index in [1.165, 1.54) is 34.0 Å². The van der Waals surface area contributed by atoms with Gasteiger partial charge in [0.05, 0.1) is 16.4 Å². The molecular weight excluding hydrogens is 411 g/mol. The topological polar surface area (TPSA) is 106 Å². The minimum Gasteiger partial charge on any atom is -0.368 e. The number of hydrogen-bond acceptors (Lipinski definition) is 5. The highest BCUT2D eigenvalue weighted by Crippen LogP contribution is 2.29. The summed E-state index contributed by atoms with van der Waals surface area (Å²) in [6, 6.07) is 11.3. The Bertz CT molecular complexity index is 1130. The molecule has 0 fully saturated rings. The molecule has 0 aliphatic carbocycles. The van der Waals surface area contributed by atoms with Crippen molar-refractivity contribution in [2.45, 2.75) is 12.5 Å². The Hall–Kier alpha value is -3.72. The summed E-state index contributed by atoms with van der Waals surface area (Å²) in [5, 5.41) is 12.9. The summed E-state index contributed by atoms with van der Waals surface area (Å²) in [6.45, 7) is 0. The third-order valence-corrected chi connectivity index (χ3v) is 4.87. The number of nitrogens with two attached hydrogens (primary N) is 1. The quantitative estimate of drug-likeness (QED) is 0.654. The van der Waals surface area contributed by atoms with Gasteiger partial charge < -0.3 is 11.1 Å². The summed E-state index contributed by atoms with van der Waals surface area (Å²) in [5.74, 6) is -1.59. The second-order valence-corrected chi connectivity index (χ2v) is 6.94. The van der Waals surface area contributed by atoms with Crippen molar-refractivity contribution >= 4 is 40.5 Å². The number of nitrogens with one attached hydrogen (secondary N) is 1. The lowest BCUT2D eigenvalue weighted by Gasteiger charge is -2.20. The van der Waals surface area contributed by atoms with Crippen LogP contribution in [0.25, 0.3) is 5.69 Å². The molecule has 0 saturated carbocycles. The molecule has 0 saturated heterocycles. The Morgan fingerprint density at radius 1 is 1.17 bits per heavy atom. The molecule has 1 atom stereocenters. The first-order valence-electron chi connectivity index (χ1n) is 8.95. The summed E-state index contributed by atoms with van der Waals surface area (Å²) in [5.41, 5.74) is 6.97. The van der Waals surface area contributed by atoms with Crippen LogP contribution < -0.4 is 16.1 Å². The number of carbonyl (C=O) groups excluding carboxylic acids is 2. The van der Waals surface area contributed by atoms with Crippen molar-refractivity contribution in [2.24, 2.45) is 10.8 Å². The predicted molar refractivity (Wildman–Crippen MR) is 111 cm³/mol. The molecule has 1 unspecified atom stereocenters. The second kappa shape index (κ2) is 7.96. The Balaban J connectivity index is 1.63. The molecule has 4 rings (SSSR count). The van der Waals surface area contributed by atoms with Crippen LogP contribution in [-0.2, 0) is 9.59 Å². The molecule has 3 N–H and O–H groups in total. The number of hydrogen-bond donors (Lipinski definition) is 2. The van der Waals surface area contributed by atoms with Gasteiger partial charge in [0.2, 0.25) is 5.91 Å². The van der Waals surface area contributed by atoms with E-state index in [1.54, 1.807) is 36.7 Å². The smallest absolute Gasteiger partial charge is 0.272 e. The highest BCUT2D eigenvalue weighted by atomic mass is 35.5. The molecule has 2 aromatic carbocycles. The number of carbonyl (C=O) groups is 2. The van der Waals surface area contributed by atoms with E-state index in [2.05, 4.69) is 15.5 Å². The Morgan fingerprint density at radius 2 is 1.93 bits per heavy atom. The van der Waals surface area contributed by atoms with Gasteiger partial charge in [-0.15, -0.1) is 0 Å². The van der Waals surface area contributed by atoms with E-state index < -0.39 is 23.7 Å². The molecule has 0 radical (unpaired) electrons. The summed E-state index contributed by atoms with van der Waals surface area (Å²) in [7, 11) is 0. The van der Waals surface area contributed by atoms with Crippen LogP contribution in [0.2, 0.25) is 5.02 Å². The van der Waals surface area contributed by atoms with Gasteiger partial charge in [-0.25, -0.2) is 9.07 Å². The van der Waals surface area contributed by atoms with Crippen molar-refractivity contribution in [1.29, 1.82) is 0 Å². The van der Waals surface area contributed by atoms with Crippen LogP contribution in [0.15, 0.2) is 66.0 Å². The van der Waals surface area contributed by atoms with Crippen LogP contribution >= 0.6 is 11.6 Å². The third-order valence-electron chi connectivity index (χ3n) is 4.56. The van der Waals surface area contributed by atoms with E-state index in [0.29, 0.717) is 22.1 Å². The largest absolute Gasteiger partial charge is 0.368 e. The van der Waals surface area contributed by atoms with Crippen molar-refractivity contribution < 1.29 is 14.0 Å². The average molecular weight is 427 g/mol. The molecule has 152 valence electrons. The summed E-state index contributed by atoms with van der Waals surface area (Å²) in [6.07, 6.45) is 3.30. The second-order valence-electron chi connectivity index (χ2n) is 6.53. The summed E-state index contributed by atoms with van der Waals surface area (Å²) < 4.78 is 14.8. The molecule has 30 heavy (non-hydrogen) atoms. The van der Waals surface area contributed by atoms with Gasteiger partial charge in [0.1, 0.15) is 23.3 Å². The Kier molecular flexibility index (Phi) is 5.20. The van der Waals surface area contributed by atoms with Gasteiger partial charge in [0.15, 0.2) is 0 Å². The van der Waals surface area contributed by atoms with Gasteiger partial charge in [0, 0.05) is 18.8 Å². The number of para-hydroxylation sites is 1. The molecule has 1 aromatic heterocycles. The van der Waals surface area contributed by atoms with Crippen molar-refractivity contribution in [3.63, 3.8) is 0 Å². The Morgan fingerprint density at radius 3 is 2.60 bits per heavy atom. The van der Waals surface area contributed by atoms with E-state index in [1.807, 2.05) is 0 Å². The first-order valence-corrected chi connectivity index (χ1v) is 9.33. The van der Waals surface area contributed by atoms with Gasteiger partial charge in [-0.05, 0) is 42.5 Å². The average Bonchev–Trinajstić information content (AvgIpc) is 3.39. The molecular formula is C20H16ClFN6O2. The van der Waals surface area contributed by atoms with Gasteiger partial charge in [-0.2, -0.15) is 10.2 Å². The standard InChI is InChI=1S/C20H16ClFN6O2/c21-14-3-1-4-15(18(14)27-10-2-9-24-27)25-20(30)16-11-17(19(23)29)28(26-16)13-7-5-12(22)6-8-13/h1-10,17H,11H2,(H2,23,29)(H,25,30). The minimum atomic E-state index is -0.860. The highest BCUT2D eigenvalue weighted by molar-refractivity contribution is 6.44. The molecule has 10 heteroatoms. The van der Waals surface area contributed by atoms with Crippen LogP contribution in [0, 0.1) is 5.82 Å². The van der Waals surface area contributed by atoms with Gasteiger partial charge in [-0.3, -0.25) is 14.6 Å². The lowest BCUT2D eigenvalue weighted by Crippen LogP contribution is -2.39. The minimum absolute atomic E-state index is 0.0101. The summed E-state index contributed by atoms with van der Waals surface area (Å²) in [4.78, 5) is 24.8. The van der Waals surface area contributed by atoms with Crippen LogP contribution in [0.4, 0.5) is 15.8 Å². The van der Waals surface area contributed by atoms with Gasteiger partial charge >= 0.3 is 0 Å². The lowest BCUT2D eigenvalue weighted by molar-refractivity contribution is -0.119. The van der Waals surface area contributed by atoms with E-state index in [0.717, 1.165) is 0 Å². The molecule has 1 aliphatic heterocycles. The van der Waals surface area contributed by atoms with Gasteiger partial charge in [-0.1, -0.05) is 17.7 Å². The lowest BCUT2D eigenvalue weighted by atomic mass is 10.1. The maximum atomic E-state index is 13.2. The van der Waals surface area contributed by atoms with Gasteiger partial charge in [0.25, 0.3) is 5.91 Å². The van der Waals surface area contributed by atoms with E-state index in [-0.39, 0.29) is 12.1 Å². The highest BCUT2D eigenvalue weighted by Gasteiger charge is 2.35. The fourth-order valence-electron chi connectivity index (χ4n) is 3.15. The number of aromatic nitrogens is 2. The fraction of sp³-hybridized carbons (Fsp3) is 0.100. The van der Waals surface area contributed by atoms with E-state index in [4.69, 9.17) is 17.3 Å². The van der Waals surface area contributed by atoms with Crippen LogP contribution in [-0.4, -0.2) is 33.3 Å². The molecule has 0 spiro atoms. The zero-order valence-electron chi connectivity index (χ0n) is 15.5. The van der Waals surface area contributed by atoms with Crippen LogP contribution in [0.1, 0.15) is 6.42 Å². The monoisotopic (exact) mass is 426 g/mol. The number of primary amides is 1. The van der Waals surface area contributed by atoms with E-state index in [9.17, 15) is 14.0 Å². The SMILES string of the molecule is NC(=O)C1CC(C(=O)Nc2cccc(Cl)c2-n2cccn2)=NN1c1ccc(F)cc1. The van der Waals surface area contributed by atoms with Crippen molar-refractivity contribution in [2.75, 3.05) is 10.3 Å². The molecule has 8 nitrogen and oxygen atoms in total. The van der Waals surface area contributed by atoms with Crippen LogP contribution in [0.3, 0.4) is 0 Å². The van der Waals surface area contributed by atoms with E-state index >= 15 is 0 Å². The fourth-order valence-corrected chi connectivity index (χ4v) is 3.41. The molecule has 2 amide bonds. The Labute approximate surface area is 175 Å². The maximum absolute atomic E-state index is 13.2.